The first-order valence-corrected chi connectivity index (χ1v) is 5.72. The van der Waals surface area contributed by atoms with E-state index in [9.17, 15) is 4.79 Å². The SMILES string of the molecule is COc1ccc(-c2ccc(I)c(=O)o2)cc1. The van der Waals surface area contributed by atoms with Gasteiger partial charge in [0, 0.05) is 5.56 Å². The van der Waals surface area contributed by atoms with Crippen LogP contribution in [-0.2, 0) is 0 Å². The molecule has 3 nitrogen and oxygen atoms in total. The lowest BCUT2D eigenvalue weighted by Crippen LogP contribution is -2.02. The van der Waals surface area contributed by atoms with E-state index in [1.54, 1.807) is 19.2 Å². The Hall–Kier alpha value is -1.30. The molecule has 1 heterocycles. The topological polar surface area (TPSA) is 39.4 Å². The van der Waals surface area contributed by atoms with Crippen LogP contribution < -0.4 is 10.4 Å². The zero-order chi connectivity index (χ0) is 11.5. The lowest BCUT2D eigenvalue weighted by Gasteiger charge is -2.02. The number of rotatable bonds is 2. The minimum Gasteiger partial charge on any atom is -0.497 e. The average molecular weight is 328 g/mol. The van der Waals surface area contributed by atoms with Crippen molar-refractivity contribution in [3.05, 3.63) is 50.4 Å². The molecule has 16 heavy (non-hydrogen) atoms. The monoisotopic (exact) mass is 328 g/mol. The smallest absolute Gasteiger partial charge is 0.349 e. The van der Waals surface area contributed by atoms with Crippen molar-refractivity contribution < 1.29 is 9.15 Å². The van der Waals surface area contributed by atoms with Gasteiger partial charge in [-0.15, -0.1) is 0 Å². The van der Waals surface area contributed by atoms with Gasteiger partial charge in [-0.2, -0.15) is 0 Å². The molecule has 0 fully saturated rings. The minimum absolute atomic E-state index is 0.311. The van der Waals surface area contributed by atoms with Gasteiger partial charge in [0.2, 0.25) is 0 Å². The molecule has 2 rings (SSSR count). The van der Waals surface area contributed by atoms with E-state index < -0.39 is 0 Å². The molecule has 0 radical (unpaired) electrons. The van der Waals surface area contributed by atoms with Crippen LogP contribution >= 0.6 is 22.6 Å². The lowest BCUT2D eigenvalue weighted by atomic mass is 10.1. The van der Waals surface area contributed by atoms with Crippen molar-refractivity contribution in [2.45, 2.75) is 0 Å². The third-order valence-electron chi connectivity index (χ3n) is 2.15. The van der Waals surface area contributed by atoms with Crippen molar-refractivity contribution in [1.29, 1.82) is 0 Å². The Bertz CT molecular complexity index is 543. The fourth-order valence-corrected chi connectivity index (χ4v) is 1.60. The molecule has 0 amide bonds. The zero-order valence-corrected chi connectivity index (χ0v) is 10.7. The van der Waals surface area contributed by atoms with E-state index in [1.807, 2.05) is 46.9 Å². The number of methoxy groups -OCH3 is 1. The highest BCUT2D eigenvalue weighted by atomic mass is 127. The molecule has 0 saturated heterocycles. The summed E-state index contributed by atoms with van der Waals surface area (Å²) in [6.45, 7) is 0. The molecule has 2 aromatic rings. The molecule has 0 unspecified atom stereocenters. The van der Waals surface area contributed by atoms with E-state index in [0.29, 0.717) is 9.33 Å². The van der Waals surface area contributed by atoms with Crippen LogP contribution in [0.2, 0.25) is 0 Å². The van der Waals surface area contributed by atoms with Crippen molar-refractivity contribution in [3.63, 3.8) is 0 Å². The van der Waals surface area contributed by atoms with Gasteiger partial charge in [-0.25, -0.2) is 4.79 Å². The normalized spacial score (nSPS) is 10.1. The Morgan fingerprint density at radius 1 is 1.12 bits per heavy atom. The maximum atomic E-state index is 11.3. The van der Waals surface area contributed by atoms with Crippen molar-refractivity contribution in [3.8, 4) is 17.1 Å². The summed E-state index contributed by atoms with van der Waals surface area (Å²) in [6.07, 6.45) is 0. The maximum Gasteiger partial charge on any atom is 0.349 e. The van der Waals surface area contributed by atoms with Crippen molar-refractivity contribution in [2.24, 2.45) is 0 Å². The van der Waals surface area contributed by atoms with E-state index in [0.717, 1.165) is 11.3 Å². The Kier molecular flexibility index (Phi) is 3.28. The highest BCUT2D eigenvalue weighted by molar-refractivity contribution is 14.1. The van der Waals surface area contributed by atoms with Crippen LogP contribution in [0, 0.1) is 3.57 Å². The summed E-state index contributed by atoms with van der Waals surface area (Å²) in [7, 11) is 1.61. The quantitative estimate of drug-likeness (QED) is 0.796. The van der Waals surface area contributed by atoms with Crippen molar-refractivity contribution >= 4 is 22.6 Å². The van der Waals surface area contributed by atoms with E-state index in [1.165, 1.54) is 0 Å². The number of benzene rings is 1. The minimum atomic E-state index is -0.311. The molecule has 0 aliphatic heterocycles. The first-order valence-electron chi connectivity index (χ1n) is 4.65. The molecule has 0 spiro atoms. The molecule has 0 atom stereocenters. The van der Waals surface area contributed by atoms with Crippen LogP contribution in [0.4, 0.5) is 0 Å². The Morgan fingerprint density at radius 2 is 1.81 bits per heavy atom. The van der Waals surface area contributed by atoms with E-state index in [4.69, 9.17) is 9.15 Å². The van der Waals surface area contributed by atoms with E-state index >= 15 is 0 Å². The van der Waals surface area contributed by atoms with Crippen LogP contribution in [0.5, 0.6) is 5.75 Å². The first-order chi connectivity index (χ1) is 7.70. The van der Waals surface area contributed by atoms with Gasteiger partial charge in [-0.3, -0.25) is 0 Å². The van der Waals surface area contributed by atoms with Crippen LogP contribution in [0.3, 0.4) is 0 Å². The second kappa shape index (κ2) is 4.69. The molecule has 0 bridgehead atoms. The molecule has 4 heteroatoms. The van der Waals surface area contributed by atoms with Crippen molar-refractivity contribution in [1.82, 2.24) is 0 Å². The molecule has 82 valence electrons. The Morgan fingerprint density at radius 3 is 2.38 bits per heavy atom. The van der Waals surface area contributed by atoms with E-state index in [2.05, 4.69) is 0 Å². The number of hydrogen-bond acceptors (Lipinski definition) is 3. The van der Waals surface area contributed by atoms with Crippen LogP contribution in [-0.4, -0.2) is 7.11 Å². The molecular formula is C12H9IO3. The van der Waals surface area contributed by atoms with Crippen LogP contribution in [0.15, 0.2) is 45.6 Å². The van der Waals surface area contributed by atoms with Gasteiger partial charge in [0.15, 0.2) is 0 Å². The second-order valence-electron chi connectivity index (χ2n) is 3.16. The average Bonchev–Trinajstić information content (AvgIpc) is 2.33. The summed E-state index contributed by atoms with van der Waals surface area (Å²) >= 11 is 1.95. The summed E-state index contributed by atoms with van der Waals surface area (Å²) in [5.41, 5.74) is 0.545. The van der Waals surface area contributed by atoms with Gasteiger partial charge in [-0.1, -0.05) is 0 Å². The Balaban J connectivity index is 2.42. The Labute approximate surface area is 106 Å². The fourth-order valence-electron chi connectivity index (χ4n) is 1.31. The summed E-state index contributed by atoms with van der Waals surface area (Å²) in [5, 5.41) is 0. The van der Waals surface area contributed by atoms with Crippen LogP contribution in [0.1, 0.15) is 0 Å². The highest BCUT2D eigenvalue weighted by Crippen LogP contribution is 2.21. The van der Waals surface area contributed by atoms with Gasteiger partial charge >= 0.3 is 5.63 Å². The number of halogens is 1. The molecule has 0 aliphatic rings. The van der Waals surface area contributed by atoms with Gasteiger partial charge in [0.05, 0.1) is 10.7 Å². The molecule has 1 aromatic carbocycles. The molecule has 1 aromatic heterocycles. The summed E-state index contributed by atoms with van der Waals surface area (Å²) < 4.78 is 10.8. The summed E-state index contributed by atoms with van der Waals surface area (Å²) in [6, 6.07) is 10.9. The summed E-state index contributed by atoms with van der Waals surface area (Å²) in [4.78, 5) is 11.3. The van der Waals surface area contributed by atoms with E-state index in [-0.39, 0.29) is 5.63 Å². The first kappa shape index (κ1) is 11.2. The van der Waals surface area contributed by atoms with Gasteiger partial charge < -0.3 is 9.15 Å². The predicted octanol–water partition coefficient (Wildman–Crippen LogP) is 2.92. The standard InChI is InChI=1S/C12H9IO3/c1-15-9-4-2-8(3-5-9)11-7-6-10(13)12(14)16-11/h2-7H,1H3. The number of ether oxygens (including phenoxy) is 1. The molecular weight excluding hydrogens is 319 g/mol. The van der Waals surface area contributed by atoms with Gasteiger partial charge in [0.1, 0.15) is 11.5 Å². The number of hydrogen-bond donors (Lipinski definition) is 0. The molecule has 0 saturated carbocycles. The maximum absolute atomic E-state index is 11.3. The highest BCUT2D eigenvalue weighted by Gasteiger charge is 2.03. The van der Waals surface area contributed by atoms with Crippen molar-refractivity contribution in [2.75, 3.05) is 7.11 Å². The third kappa shape index (κ3) is 2.27. The van der Waals surface area contributed by atoms with Crippen LogP contribution in [0.25, 0.3) is 11.3 Å². The van der Waals surface area contributed by atoms with Gasteiger partial charge in [-0.05, 0) is 59.0 Å². The summed E-state index contributed by atoms with van der Waals surface area (Å²) in [5.74, 6) is 1.34. The fraction of sp³-hybridized carbons (Fsp3) is 0.0833. The molecule has 0 aliphatic carbocycles. The lowest BCUT2D eigenvalue weighted by molar-refractivity contribution is 0.415. The third-order valence-corrected chi connectivity index (χ3v) is 2.95. The second-order valence-corrected chi connectivity index (χ2v) is 4.33. The largest absolute Gasteiger partial charge is 0.497 e. The molecule has 0 N–H and O–H groups in total. The zero-order valence-electron chi connectivity index (χ0n) is 8.57. The predicted molar refractivity (Wildman–Crippen MR) is 69.7 cm³/mol. The van der Waals surface area contributed by atoms with Gasteiger partial charge in [0.25, 0.3) is 0 Å².